The maximum Gasteiger partial charge on any atom is 0.254 e. The standard InChI is InChI=1S/C16H16ClN5O2/c1-10-13(9-22(2)20-10)16(23)18-8-7-14-19-15(21-24-14)11-3-5-12(17)6-4-11/h3-6,9H,7-8H2,1-2H3,(H,18,23). The molecular weight excluding hydrogens is 330 g/mol. The number of halogens is 1. The van der Waals surface area contributed by atoms with Crippen LogP contribution in [0.1, 0.15) is 21.9 Å². The third-order valence-electron chi connectivity index (χ3n) is 3.45. The Labute approximate surface area is 143 Å². The monoisotopic (exact) mass is 345 g/mol. The number of amides is 1. The SMILES string of the molecule is Cc1nn(C)cc1C(=O)NCCc1nc(-c2ccc(Cl)cc2)no1. The van der Waals surface area contributed by atoms with Gasteiger partial charge in [0.1, 0.15) is 0 Å². The molecular formula is C16H16ClN5O2. The molecule has 0 aliphatic carbocycles. The van der Waals surface area contributed by atoms with Crippen molar-refractivity contribution in [2.45, 2.75) is 13.3 Å². The summed E-state index contributed by atoms with van der Waals surface area (Å²) >= 11 is 5.86. The van der Waals surface area contributed by atoms with E-state index in [-0.39, 0.29) is 5.91 Å². The fourth-order valence-corrected chi connectivity index (χ4v) is 2.40. The van der Waals surface area contributed by atoms with Gasteiger partial charge in [-0.2, -0.15) is 10.1 Å². The second-order valence-electron chi connectivity index (χ2n) is 5.33. The van der Waals surface area contributed by atoms with E-state index >= 15 is 0 Å². The first kappa shape index (κ1) is 16.2. The van der Waals surface area contributed by atoms with Crippen molar-refractivity contribution in [2.75, 3.05) is 6.54 Å². The van der Waals surface area contributed by atoms with E-state index in [0.29, 0.717) is 41.0 Å². The Kier molecular flexibility index (Phi) is 4.61. The number of aryl methyl sites for hydroxylation is 2. The van der Waals surface area contributed by atoms with Crippen LogP contribution in [0.15, 0.2) is 35.0 Å². The molecule has 0 saturated carbocycles. The fraction of sp³-hybridized carbons (Fsp3) is 0.250. The van der Waals surface area contributed by atoms with Gasteiger partial charge in [-0.25, -0.2) is 0 Å². The molecule has 3 rings (SSSR count). The topological polar surface area (TPSA) is 85.8 Å². The molecule has 0 aliphatic heterocycles. The van der Waals surface area contributed by atoms with E-state index in [2.05, 4.69) is 20.6 Å². The van der Waals surface area contributed by atoms with E-state index in [1.54, 1.807) is 37.0 Å². The molecule has 0 aliphatic rings. The summed E-state index contributed by atoms with van der Waals surface area (Å²) in [5, 5.41) is 11.6. The summed E-state index contributed by atoms with van der Waals surface area (Å²) in [5.74, 6) is 0.789. The number of nitrogens with zero attached hydrogens (tertiary/aromatic N) is 4. The lowest BCUT2D eigenvalue weighted by Gasteiger charge is -2.01. The van der Waals surface area contributed by atoms with Crippen LogP contribution in [0.3, 0.4) is 0 Å². The molecule has 0 saturated heterocycles. The van der Waals surface area contributed by atoms with Crippen molar-refractivity contribution in [1.29, 1.82) is 0 Å². The van der Waals surface area contributed by atoms with Crippen LogP contribution in [-0.2, 0) is 13.5 Å². The fourth-order valence-electron chi connectivity index (χ4n) is 2.27. The molecule has 0 atom stereocenters. The highest BCUT2D eigenvalue weighted by molar-refractivity contribution is 6.30. The lowest BCUT2D eigenvalue weighted by Crippen LogP contribution is -2.26. The first-order valence-corrected chi connectivity index (χ1v) is 7.77. The molecule has 0 unspecified atom stereocenters. The van der Waals surface area contributed by atoms with Crippen LogP contribution in [0.2, 0.25) is 5.02 Å². The van der Waals surface area contributed by atoms with E-state index in [4.69, 9.17) is 16.1 Å². The van der Waals surface area contributed by atoms with Crippen LogP contribution in [-0.4, -0.2) is 32.4 Å². The number of carbonyl (C=O) groups excluding carboxylic acids is 1. The normalized spacial score (nSPS) is 10.8. The van der Waals surface area contributed by atoms with Gasteiger partial charge in [-0.3, -0.25) is 9.48 Å². The zero-order valence-electron chi connectivity index (χ0n) is 13.3. The minimum atomic E-state index is -0.168. The summed E-state index contributed by atoms with van der Waals surface area (Å²) in [6.45, 7) is 2.20. The minimum absolute atomic E-state index is 0.168. The molecule has 0 radical (unpaired) electrons. The van der Waals surface area contributed by atoms with Gasteiger partial charge in [0.05, 0.1) is 11.3 Å². The Morgan fingerprint density at radius 1 is 1.33 bits per heavy atom. The second-order valence-corrected chi connectivity index (χ2v) is 5.76. The van der Waals surface area contributed by atoms with Crippen LogP contribution >= 0.6 is 11.6 Å². The van der Waals surface area contributed by atoms with E-state index in [1.807, 2.05) is 12.1 Å². The molecule has 1 N–H and O–H groups in total. The van der Waals surface area contributed by atoms with Gasteiger partial charge in [0.2, 0.25) is 11.7 Å². The summed E-state index contributed by atoms with van der Waals surface area (Å²) in [5.41, 5.74) is 2.08. The molecule has 1 amide bonds. The quantitative estimate of drug-likeness (QED) is 0.767. The van der Waals surface area contributed by atoms with E-state index in [9.17, 15) is 4.79 Å². The van der Waals surface area contributed by atoms with Gasteiger partial charge < -0.3 is 9.84 Å². The summed E-state index contributed by atoms with van der Waals surface area (Å²) in [7, 11) is 1.78. The highest BCUT2D eigenvalue weighted by Gasteiger charge is 2.13. The zero-order chi connectivity index (χ0) is 17.1. The van der Waals surface area contributed by atoms with Crippen molar-refractivity contribution < 1.29 is 9.32 Å². The molecule has 7 nitrogen and oxygen atoms in total. The zero-order valence-corrected chi connectivity index (χ0v) is 14.0. The Morgan fingerprint density at radius 3 is 2.75 bits per heavy atom. The molecule has 0 fully saturated rings. The smallest absolute Gasteiger partial charge is 0.254 e. The summed E-state index contributed by atoms with van der Waals surface area (Å²) in [6.07, 6.45) is 2.14. The van der Waals surface area contributed by atoms with Gasteiger partial charge in [0.15, 0.2) is 0 Å². The Morgan fingerprint density at radius 2 is 2.08 bits per heavy atom. The van der Waals surface area contributed by atoms with E-state index in [0.717, 1.165) is 5.56 Å². The average molecular weight is 346 g/mol. The lowest BCUT2D eigenvalue weighted by atomic mass is 10.2. The molecule has 0 bridgehead atoms. The van der Waals surface area contributed by atoms with Crippen molar-refractivity contribution >= 4 is 17.5 Å². The lowest BCUT2D eigenvalue weighted by molar-refractivity contribution is 0.0952. The molecule has 3 aromatic rings. The number of hydrogen-bond donors (Lipinski definition) is 1. The molecule has 8 heteroatoms. The van der Waals surface area contributed by atoms with Crippen LogP contribution in [0.25, 0.3) is 11.4 Å². The first-order valence-electron chi connectivity index (χ1n) is 7.40. The Hall–Kier alpha value is -2.67. The van der Waals surface area contributed by atoms with Gasteiger partial charge in [0.25, 0.3) is 5.91 Å². The van der Waals surface area contributed by atoms with Gasteiger partial charge >= 0.3 is 0 Å². The predicted octanol–water partition coefficient (Wildman–Crippen LogP) is 2.40. The van der Waals surface area contributed by atoms with Gasteiger partial charge in [-0.05, 0) is 31.2 Å². The van der Waals surface area contributed by atoms with Gasteiger partial charge in [0, 0.05) is 36.8 Å². The van der Waals surface area contributed by atoms with Crippen molar-refractivity contribution in [3.05, 3.63) is 52.6 Å². The van der Waals surface area contributed by atoms with Crippen LogP contribution in [0, 0.1) is 6.92 Å². The molecule has 2 heterocycles. The minimum Gasteiger partial charge on any atom is -0.351 e. The molecule has 24 heavy (non-hydrogen) atoms. The Bertz CT molecular complexity index is 854. The highest BCUT2D eigenvalue weighted by atomic mass is 35.5. The average Bonchev–Trinajstić information content (AvgIpc) is 3.14. The number of aromatic nitrogens is 4. The molecule has 2 aromatic heterocycles. The van der Waals surface area contributed by atoms with Crippen LogP contribution < -0.4 is 5.32 Å². The number of benzene rings is 1. The maximum absolute atomic E-state index is 12.1. The highest BCUT2D eigenvalue weighted by Crippen LogP contribution is 2.18. The summed E-state index contributed by atoms with van der Waals surface area (Å²) in [4.78, 5) is 16.4. The molecule has 0 spiro atoms. The van der Waals surface area contributed by atoms with Crippen molar-refractivity contribution in [1.82, 2.24) is 25.2 Å². The second kappa shape index (κ2) is 6.84. The summed E-state index contributed by atoms with van der Waals surface area (Å²) < 4.78 is 6.81. The third kappa shape index (κ3) is 3.62. The van der Waals surface area contributed by atoms with Crippen LogP contribution in [0.4, 0.5) is 0 Å². The number of carbonyl (C=O) groups is 1. The maximum atomic E-state index is 12.1. The van der Waals surface area contributed by atoms with Crippen LogP contribution in [0.5, 0.6) is 0 Å². The Balaban J connectivity index is 1.57. The third-order valence-corrected chi connectivity index (χ3v) is 3.70. The predicted molar refractivity (Wildman–Crippen MR) is 88.7 cm³/mol. The van der Waals surface area contributed by atoms with Gasteiger partial charge in [-0.1, -0.05) is 16.8 Å². The van der Waals surface area contributed by atoms with Crippen molar-refractivity contribution in [3.63, 3.8) is 0 Å². The number of hydrogen-bond acceptors (Lipinski definition) is 5. The number of rotatable bonds is 5. The molecule has 124 valence electrons. The van der Waals surface area contributed by atoms with Crippen molar-refractivity contribution in [3.8, 4) is 11.4 Å². The molecule has 1 aromatic carbocycles. The van der Waals surface area contributed by atoms with E-state index in [1.165, 1.54) is 0 Å². The van der Waals surface area contributed by atoms with E-state index < -0.39 is 0 Å². The first-order chi connectivity index (χ1) is 11.5. The number of nitrogens with one attached hydrogen (secondary N) is 1. The summed E-state index contributed by atoms with van der Waals surface area (Å²) in [6, 6.07) is 7.18. The van der Waals surface area contributed by atoms with Gasteiger partial charge in [-0.15, -0.1) is 0 Å². The largest absolute Gasteiger partial charge is 0.351 e. The van der Waals surface area contributed by atoms with Crippen molar-refractivity contribution in [2.24, 2.45) is 7.05 Å².